The summed E-state index contributed by atoms with van der Waals surface area (Å²) in [6.45, 7) is 2.88. The zero-order valence-electron chi connectivity index (χ0n) is 14.9. The molecular weight excluding hydrogens is 316 g/mol. The zero-order chi connectivity index (χ0) is 17.8. The number of nitrogens with one attached hydrogen (secondary N) is 1. The van der Waals surface area contributed by atoms with Gasteiger partial charge in [0.05, 0.1) is 6.04 Å². The van der Waals surface area contributed by atoms with Crippen LogP contribution in [0.5, 0.6) is 11.5 Å². The van der Waals surface area contributed by atoms with E-state index in [2.05, 4.69) is 41.4 Å². The van der Waals surface area contributed by atoms with Gasteiger partial charge in [-0.2, -0.15) is 0 Å². The van der Waals surface area contributed by atoms with E-state index in [9.17, 15) is 4.79 Å². The molecular formula is C20H24N2O3. The van der Waals surface area contributed by atoms with Gasteiger partial charge in [0.2, 0.25) is 6.79 Å². The molecule has 5 nitrogen and oxygen atoms in total. The maximum Gasteiger partial charge on any atom is 0.251 e. The number of hydrogen-bond acceptors (Lipinski definition) is 4. The van der Waals surface area contributed by atoms with Crippen molar-refractivity contribution in [3.63, 3.8) is 0 Å². The van der Waals surface area contributed by atoms with Crippen LogP contribution >= 0.6 is 0 Å². The number of carbonyl (C=O) groups excluding carboxylic acids is 1. The van der Waals surface area contributed by atoms with Crippen LogP contribution in [0.2, 0.25) is 0 Å². The molecule has 2 aromatic rings. The number of rotatable bonds is 6. The van der Waals surface area contributed by atoms with Gasteiger partial charge in [0.25, 0.3) is 5.91 Å². The number of hydrogen-bond donors (Lipinski definition) is 1. The van der Waals surface area contributed by atoms with Crippen LogP contribution in [0.25, 0.3) is 0 Å². The number of ether oxygens (including phenoxy) is 2. The molecule has 0 fully saturated rings. The topological polar surface area (TPSA) is 50.8 Å². The first kappa shape index (κ1) is 17.3. The fourth-order valence-electron chi connectivity index (χ4n) is 2.90. The molecule has 1 unspecified atom stereocenters. The number of nitrogens with zero attached hydrogens (tertiary/aromatic N) is 1. The van der Waals surface area contributed by atoms with Crippen LogP contribution in [0.15, 0.2) is 42.5 Å². The predicted octanol–water partition coefficient (Wildman–Crippen LogP) is 3.01. The Morgan fingerprint density at radius 1 is 1.12 bits per heavy atom. The summed E-state index contributed by atoms with van der Waals surface area (Å²) in [4.78, 5) is 14.6. The molecule has 1 N–H and O–H groups in total. The van der Waals surface area contributed by atoms with E-state index in [1.807, 2.05) is 14.1 Å². The summed E-state index contributed by atoms with van der Waals surface area (Å²) in [7, 11) is 4.04. The van der Waals surface area contributed by atoms with Gasteiger partial charge in [-0.3, -0.25) is 4.79 Å². The normalized spacial score (nSPS) is 13.8. The Morgan fingerprint density at radius 3 is 2.52 bits per heavy atom. The molecule has 5 heteroatoms. The largest absolute Gasteiger partial charge is 0.454 e. The molecule has 1 amide bonds. The summed E-state index contributed by atoms with van der Waals surface area (Å²) in [6, 6.07) is 13.9. The summed E-state index contributed by atoms with van der Waals surface area (Å²) in [5, 5.41) is 3.02. The van der Waals surface area contributed by atoms with E-state index < -0.39 is 0 Å². The molecule has 1 aliphatic heterocycles. The van der Waals surface area contributed by atoms with E-state index in [-0.39, 0.29) is 18.7 Å². The molecule has 25 heavy (non-hydrogen) atoms. The summed E-state index contributed by atoms with van der Waals surface area (Å²) in [5.41, 5.74) is 3.07. The lowest BCUT2D eigenvalue weighted by molar-refractivity contribution is 0.0941. The van der Waals surface area contributed by atoms with Crippen LogP contribution < -0.4 is 14.8 Å². The van der Waals surface area contributed by atoms with Crippen molar-refractivity contribution in [1.82, 2.24) is 10.2 Å². The van der Waals surface area contributed by atoms with Gasteiger partial charge in [0.1, 0.15) is 0 Å². The highest BCUT2D eigenvalue weighted by atomic mass is 16.7. The van der Waals surface area contributed by atoms with Crippen molar-refractivity contribution in [2.24, 2.45) is 0 Å². The van der Waals surface area contributed by atoms with Crippen molar-refractivity contribution in [1.29, 1.82) is 0 Å². The Labute approximate surface area is 148 Å². The SMILES string of the molecule is CCc1ccc(C(CNC(=O)c2ccc3c(c2)OCO3)N(C)C)cc1. The van der Waals surface area contributed by atoms with Crippen molar-refractivity contribution in [2.75, 3.05) is 27.4 Å². The Morgan fingerprint density at radius 2 is 1.84 bits per heavy atom. The molecule has 0 aliphatic carbocycles. The van der Waals surface area contributed by atoms with Crippen LogP contribution in [0.1, 0.15) is 34.5 Å². The smallest absolute Gasteiger partial charge is 0.251 e. The molecule has 132 valence electrons. The predicted molar refractivity (Wildman–Crippen MR) is 97.1 cm³/mol. The molecule has 1 aliphatic rings. The number of benzene rings is 2. The zero-order valence-corrected chi connectivity index (χ0v) is 14.9. The number of carbonyl (C=O) groups is 1. The third kappa shape index (κ3) is 3.94. The molecule has 0 saturated carbocycles. The molecule has 1 heterocycles. The van der Waals surface area contributed by atoms with Gasteiger partial charge in [-0.05, 0) is 49.8 Å². The van der Waals surface area contributed by atoms with Gasteiger partial charge in [-0.25, -0.2) is 0 Å². The van der Waals surface area contributed by atoms with Crippen LogP contribution in [-0.4, -0.2) is 38.2 Å². The number of aryl methyl sites for hydroxylation is 1. The summed E-state index contributed by atoms with van der Waals surface area (Å²) in [6.07, 6.45) is 1.02. The van der Waals surface area contributed by atoms with Crippen LogP contribution in [0.3, 0.4) is 0 Å². The van der Waals surface area contributed by atoms with Crippen LogP contribution in [0, 0.1) is 0 Å². The summed E-state index contributed by atoms with van der Waals surface area (Å²) in [5.74, 6) is 1.18. The maximum atomic E-state index is 12.5. The third-order valence-electron chi connectivity index (χ3n) is 4.49. The van der Waals surface area contributed by atoms with Gasteiger partial charge in [-0.1, -0.05) is 31.2 Å². The van der Waals surface area contributed by atoms with E-state index in [0.29, 0.717) is 23.6 Å². The van der Waals surface area contributed by atoms with Gasteiger partial charge in [0.15, 0.2) is 11.5 Å². The average molecular weight is 340 g/mol. The molecule has 0 saturated heterocycles. The average Bonchev–Trinajstić information content (AvgIpc) is 3.09. The van der Waals surface area contributed by atoms with Gasteiger partial charge in [0, 0.05) is 12.1 Å². The quantitative estimate of drug-likeness (QED) is 0.878. The Kier molecular flexibility index (Phi) is 5.24. The maximum absolute atomic E-state index is 12.5. The van der Waals surface area contributed by atoms with Crippen molar-refractivity contribution >= 4 is 5.91 Å². The molecule has 0 aromatic heterocycles. The van der Waals surface area contributed by atoms with E-state index in [4.69, 9.17) is 9.47 Å². The molecule has 2 aromatic carbocycles. The number of fused-ring (bicyclic) bond motifs is 1. The molecule has 3 rings (SSSR count). The van der Waals surface area contributed by atoms with E-state index in [1.54, 1.807) is 18.2 Å². The lowest BCUT2D eigenvalue weighted by Crippen LogP contribution is -2.34. The molecule has 1 atom stereocenters. The van der Waals surface area contributed by atoms with Crippen molar-refractivity contribution < 1.29 is 14.3 Å². The first-order valence-electron chi connectivity index (χ1n) is 8.51. The third-order valence-corrected chi connectivity index (χ3v) is 4.49. The Hall–Kier alpha value is -2.53. The van der Waals surface area contributed by atoms with Gasteiger partial charge < -0.3 is 19.7 Å². The minimum absolute atomic E-state index is 0.115. The molecule has 0 radical (unpaired) electrons. The summed E-state index contributed by atoms with van der Waals surface area (Å²) < 4.78 is 10.6. The fraction of sp³-hybridized carbons (Fsp3) is 0.350. The Bertz CT molecular complexity index is 741. The molecule has 0 bridgehead atoms. The highest BCUT2D eigenvalue weighted by Gasteiger charge is 2.18. The first-order valence-corrected chi connectivity index (χ1v) is 8.51. The number of amides is 1. The fourth-order valence-corrected chi connectivity index (χ4v) is 2.90. The van der Waals surface area contributed by atoms with E-state index in [0.717, 1.165) is 6.42 Å². The van der Waals surface area contributed by atoms with Crippen LogP contribution in [0.4, 0.5) is 0 Å². The van der Waals surface area contributed by atoms with Crippen molar-refractivity contribution in [3.8, 4) is 11.5 Å². The molecule has 0 spiro atoms. The van der Waals surface area contributed by atoms with Crippen LogP contribution in [-0.2, 0) is 6.42 Å². The standard InChI is InChI=1S/C20H24N2O3/c1-4-14-5-7-15(8-6-14)17(22(2)3)12-21-20(23)16-9-10-18-19(11-16)25-13-24-18/h5-11,17H,4,12-13H2,1-3H3,(H,21,23). The minimum Gasteiger partial charge on any atom is -0.454 e. The van der Waals surface area contributed by atoms with Gasteiger partial charge in [-0.15, -0.1) is 0 Å². The minimum atomic E-state index is -0.115. The lowest BCUT2D eigenvalue weighted by atomic mass is 10.0. The Balaban J connectivity index is 1.67. The highest BCUT2D eigenvalue weighted by Crippen LogP contribution is 2.32. The second-order valence-electron chi connectivity index (χ2n) is 6.35. The summed E-state index contributed by atoms with van der Waals surface area (Å²) >= 11 is 0. The van der Waals surface area contributed by atoms with Gasteiger partial charge >= 0.3 is 0 Å². The van der Waals surface area contributed by atoms with Crippen molar-refractivity contribution in [2.45, 2.75) is 19.4 Å². The van der Waals surface area contributed by atoms with E-state index >= 15 is 0 Å². The van der Waals surface area contributed by atoms with Crippen molar-refractivity contribution in [3.05, 3.63) is 59.2 Å². The first-order chi connectivity index (χ1) is 12.1. The second-order valence-corrected chi connectivity index (χ2v) is 6.35. The highest BCUT2D eigenvalue weighted by molar-refractivity contribution is 5.94. The number of likely N-dealkylation sites (N-methyl/N-ethyl adjacent to an activating group) is 1. The second kappa shape index (κ2) is 7.57. The lowest BCUT2D eigenvalue weighted by Gasteiger charge is -2.25. The van der Waals surface area contributed by atoms with E-state index in [1.165, 1.54) is 11.1 Å². The monoisotopic (exact) mass is 340 g/mol.